The maximum absolute atomic E-state index is 12.0. The number of sulfone groups is 1. The average Bonchev–Trinajstić information content (AvgIpc) is 2.58. The first-order valence-electron chi connectivity index (χ1n) is 5.33. The molecule has 1 fully saturated rings. The summed E-state index contributed by atoms with van der Waals surface area (Å²) in [5.41, 5.74) is 6.08. The standard InChI is InChI=1S/C10H13BrClNO2S2/c11-6-5-7(16-10(6)12)9(13)8-3-1-2-4-17(8,14)15/h5,8-9H,1-4,13H2. The molecule has 2 atom stereocenters. The second-order valence-electron chi connectivity index (χ2n) is 4.20. The first-order chi connectivity index (χ1) is 7.92. The van der Waals surface area contributed by atoms with E-state index in [1.54, 1.807) is 0 Å². The van der Waals surface area contributed by atoms with E-state index >= 15 is 0 Å². The minimum Gasteiger partial charge on any atom is -0.322 e. The van der Waals surface area contributed by atoms with Gasteiger partial charge in [-0.3, -0.25) is 0 Å². The minimum absolute atomic E-state index is 0.256. The second-order valence-corrected chi connectivity index (χ2v) is 9.08. The SMILES string of the molecule is NC(c1cc(Br)c(Cl)s1)C1CCCCS1(=O)=O. The van der Waals surface area contributed by atoms with Gasteiger partial charge in [0.2, 0.25) is 0 Å². The van der Waals surface area contributed by atoms with Gasteiger partial charge < -0.3 is 5.73 Å². The molecular formula is C10H13BrClNO2S2. The third kappa shape index (κ3) is 2.87. The van der Waals surface area contributed by atoms with Gasteiger partial charge in [-0.1, -0.05) is 18.0 Å². The van der Waals surface area contributed by atoms with Crippen molar-refractivity contribution < 1.29 is 8.42 Å². The highest BCUT2D eigenvalue weighted by Crippen LogP contribution is 2.38. The van der Waals surface area contributed by atoms with E-state index in [1.165, 1.54) is 11.3 Å². The van der Waals surface area contributed by atoms with Gasteiger partial charge in [-0.25, -0.2) is 8.42 Å². The second kappa shape index (κ2) is 5.17. The fraction of sp³-hybridized carbons (Fsp3) is 0.600. The van der Waals surface area contributed by atoms with Crippen molar-refractivity contribution in [2.75, 3.05) is 5.75 Å². The third-order valence-electron chi connectivity index (χ3n) is 3.02. The van der Waals surface area contributed by atoms with Gasteiger partial charge >= 0.3 is 0 Å². The zero-order valence-electron chi connectivity index (χ0n) is 9.03. The van der Waals surface area contributed by atoms with Crippen LogP contribution >= 0.6 is 38.9 Å². The molecule has 2 N–H and O–H groups in total. The maximum atomic E-state index is 12.0. The maximum Gasteiger partial charge on any atom is 0.155 e. The zero-order chi connectivity index (χ0) is 12.6. The molecule has 0 saturated carbocycles. The predicted octanol–water partition coefficient (Wildman–Crippen LogP) is 3.13. The van der Waals surface area contributed by atoms with Gasteiger partial charge in [-0.2, -0.15) is 0 Å². The Morgan fingerprint density at radius 1 is 1.53 bits per heavy atom. The normalized spacial score (nSPS) is 25.7. The van der Waals surface area contributed by atoms with Crippen molar-refractivity contribution in [1.82, 2.24) is 0 Å². The summed E-state index contributed by atoms with van der Waals surface area (Å²) in [6.07, 6.45) is 2.33. The smallest absolute Gasteiger partial charge is 0.155 e. The molecule has 1 saturated heterocycles. The fourth-order valence-corrected chi connectivity index (χ4v) is 6.01. The summed E-state index contributed by atoms with van der Waals surface area (Å²) in [5.74, 6) is 0.256. The molecule has 0 spiro atoms. The molecule has 1 aromatic heterocycles. The van der Waals surface area contributed by atoms with Crippen LogP contribution in [0, 0.1) is 0 Å². The number of thiophene rings is 1. The highest BCUT2D eigenvalue weighted by Gasteiger charge is 2.35. The average molecular weight is 359 g/mol. The number of hydrogen-bond acceptors (Lipinski definition) is 4. The molecule has 1 aliphatic heterocycles. The zero-order valence-corrected chi connectivity index (χ0v) is 13.0. The molecule has 7 heteroatoms. The molecule has 0 radical (unpaired) electrons. The number of halogens is 2. The summed E-state index contributed by atoms with van der Waals surface area (Å²) in [7, 11) is -3.05. The molecule has 0 aromatic carbocycles. The third-order valence-corrected chi connectivity index (χ3v) is 7.91. The van der Waals surface area contributed by atoms with Gasteiger partial charge in [0, 0.05) is 9.35 Å². The Morgan fingerprint density at radius 2 is 2.24 bits per heavy atom. The van der Waals surface area contributed by atoms with E-state index < -0.39 is 21.1 Å². The Hall–Kier alpha value is 0.380. The van der Waals surface area contributed by atoms with Crippen molar-refractivity contribution in [3.05, 3.63) is 19.8 Å². The van der Waals surface area contributed by atoms with E-state index in [9.17, 15) is 8.42 Å². The Bertz CT molecular complexity index is 495. The minimum atomic E-state index is -3.05. The molecule has 0 amide bonds. The summed E-state index contributed by atoms with van der Waals surface area (Å²) in [4.78, 5) is 0.831. The van der Waals surface area contributed by atoms with E-state index in [4.69, 9.17) is 17.3 Å². The van der Waals surface area contributed by atoms with Crippen molar-refractivity contribution >= 4 is 48.7 Å². The van der Waals surface area contributed by atoms with E-state index in [0.717, 1.165) is 22.2 Å². The van der Waals surface area contributed by atoms with Crippen LogP contribution in [0.1, 0.15) is 30.2 Å². The summed E-state index contributed by atoms with van der Waals surface area (Å²) in [6, 6.07) is 1.36. The lowest BCUT2D eigenvalue weighted by Gasteiger charge is -2.26. The van der Waals surface area contributed by atoms with Crippen molar-refractivity contribution in [3.63, 3.8) is 0 Å². The highest BCUT2D eigenvalue weighted by molar-refractivity contribution is 9.10. The molecule has 2 heterocycles. The van der Waals surface area contributed by atoms with Gasteiger partial charge in [0.25, 0.3) is 0 Å². The van der Waals surface area contributed by atoms with E-state index in [-0.39, 0.29) is 5.75 Å². The van der Waals surface area contributed by atoms with E-state index in [1.807, 2.05) is 6.07 Å². The highest BCUT2D eigenvalue weighted by atomic mass is 79.9. The van der Waals surface area contributed by atoms with Crippen molar-refractivity contribution in [2.45, 2.75) is 30.6 Å². The van der Waals surface area contributed by atoms with Crippen molar-refractivity contribution in [1.29, 1.82) is 0 Å². The number of hydrogen-bond donors (Lipinski definition) is 1. The van der Waals surface area contributed by atoms with Crippen LogP contribution < -0.4 is 5.73 Å². The van der Waals surface area contributed by atoms with E-state index in [0.29, 0.717) is 10.8 Å². The molecular weight excluding hydrogens is 346 g/mol. The Kier molecular flexibility index (Phi) is 4.20. The van der Waals surface area contributed by atoms with Gasteiger partial charge in [0.1, 0.15) is 4.34 Å². The van der Waals surface area contributed by atoms with Crippen molar-refractivity contribution in [3.8, 4) is 0 Å². The molecule has 1 aromatic rings. The first-order valence-corrected chi connectivity index (χ1v) is 9.04. The molecule has 1 aliphatic rings. The van der Waals surface area contributed by atoms with E-state index in [2.05, 4.69) is 15.9 Å². The molecule has 3 nitrogen and oxygen atoms in total. The van der Waals surface area contributed by atoms with Crippen molar-refractivity contribution in [2.24, 2.45) is 5.73 Å². The van der Waals surface area contributed by atoms with Gasteiger partial charge in [0.05, 0.1) is 17.0 Å². The molecule has 0 bridgehead atoms. The molecule has 0 aliphatic carbocycles. The lowest BCUT2D eigenvalue weighted by Crippen LogP contribution is -2.37. The quantitative estimate of drug-likeness (QED) is 0.883. The monoisotopic (exact) mass is 357 g/mol. The topological polar surface area (TPSA) is 60.2 Å². The van der Waals surface area contributed by atoms with Crippen LogP contribution in [0.5, 0.6) is 0 Å². The van der Waals surface area contributed by atoms with Crippen LogP contribution in [0.4, 0.5) is 0 Å². The van der Waals surface area contributed by atoms with Crippen LogP contribution in [0.15, 0.2) is 10.5 Å². The van der Waals surface area contributed by atoms with Gasteiger partial charge in [-0.15, -0.1) is 11.3 Å². The van der Waals surface area contributed by atoms with Gasteiger partial charge in [-0.05, 0) is 34.8 Å². The summed E-state index contributed by atoms with van der Waals surface area (Å²) >= 11 is 10.6. The van der Waals surface area contributed by atoms with Crippen LogP contribution in [0.2, 0.25) is 4.34 Å². The fourth-order valence-electron chi connectivity index (χ4n) is 2.09. The van der Waals surface area contributed by atoms with Crippen LogP contribution in [-0.4, -0.2) is 19.4 Å². The number of nitrogens with two attached hydrogens (primary N) is 1. The first kappa shape index (κ1) is 13.8. The molecule has 96 valence electrons. The summed E-state index contributed by atoms with van der Waals surface area (Å²) < 4.78 is 25.3. The molecule has 2 unspecified atom stereocenters. The van der Waals surface area contributed by atoms with Gasteiger partial charge in [0.15, 0.2) is 9.84 Å². The molecule has 17 heavy (non-hydrogen) atoms. The Morgan fingerprint density at radius 3 is 2.76 bits per heavy atom. The Balaban J connectivity index is 2.27. The van der Waals surface area contributed by atoms with Crippen LogP contribution in [0.3, 0.4) is 0 Å². The lowest BCUT2D eigenvalue weighted by molar-refractivity contribution is 0.507. The van der Waals surface area contributed by atoms with Crippen LogP contribution in [-0.2, 0) is 9.84 Å². The largest absolute Gasteiger partial charge is 0.322 e. The Labute approximate surface area is 118 Å². The molecule has 2 rings (SSSR count). The lowest BCUT2D eigenvalue weighted by atomic mass is 10.1. The predicted molar refractivity (Wildman–Crippen MR) is 75.4 cm³/mol. The summed E-state index contributed by atoms with van der Waals surface area (Å²) in [6.45, 7) is 0. The van der Waals surface area contributed by atoms with Crippen LogP contribution in [0.25, 0.3) is 0 Å². The summed E-state index contributed by atoms with van der Waals surface area (Å²) in [5, 5.41) is -0.460. The number of rotatable bonds is 2.